The van der Waals surface area contributed by atoms with Gasteiger partial charge in [0.15, 0.2) is 0 Å². The van der Waals surface area contributed by atoms with Crippen molar-refractivity contribution in [2.45, 2.75) is 30.8 Å². The van der Waals surface area contributed by atoms with Crippen molar-refractivity contribution in [2.24, 2.45) is 5.73 Å². The van der Waals surface area contributed by atoms with E-state index in [9.17, 15) is 9.90 Å². The molecule has 7 heteroatoms. The monoisotopic (exact) mass is 306 g/mol. The molecule has 112 valence electrons. The van der Waals surface area contributed by atoms with Gasteiger partial charge in [0.05, 0.1) is 0 Å². The van der Waals surface area contributed by atoms with E-state index >= 15 is 0 Å². The lowest BCUT2D eigenvalue weighted by Gasteiger charge is -2.24. The summed E-state index contributed by atoms with van der Waals surface area (Å²) in [5, 5.41) is 18.2. The van der Waals surface area contributed by atoms with E-state index < -0.39 is 0 Å². The lowest BCUT2D eigenvalue weighted by atomic mass is 9.99. The molecule has 0 saturated carbocycles. The van der Waals surface area contributed by atoms with E-state index in [1.165, 1.54) is 22.7 Å². The van der Waals surface area contributed by atoms with Crippen LogP contribution in [0.15, 0.2) is 34.9 Å². The summed E-state index contributed by atoms with van der Waals surface area (Å²) in [5.41, 5.74) is 7.67. The van der Waals surface area contributed by atoms with Crippen molar-refractivity contribution in [3.05, 3.63) is 34.9 Å². The van der Waals surface area contributed by atoms with Crippen molar-refractivity contribution in [1.29, 1.82) is 0 Å². The van der Waals surface area contributed by atoms with E-state index in [1.807, 2.05) is 0 Å². The summed E-state index contributed by atoms with van der Waals surface area (Å²) in [6.07, 6.45) is 2.64. The highest BCUT2D eigenvalue weighted by Crippen LogP contribution is 2.37. The van der Waals surface area contributed by atoms with E-state index in [2.05, 4.69) is 16.0 Å². The number of carbonyl (C=O) groups excluding carboxylic acids is 1. The molecule has 0 spiro atoms. The van der Waals surface area contributed by atoms with Gasteiger partial charge in [-0.3, -0.25) is 0 Å². The zero-order chi connectivity index (χ0) is 14.8. The molecule has 6 N–H and O–H groups in total. The number of phenols is 1. The van der Waals surface area contributed by atoms with Crippen LogP contribution in [0.3, 0.4) is 0 Å². The number of nitrogens with two attached hydrogens (primary N) is 1. The number of amides is 2. The van der Waals surface area contributed by atoms with Crippen LogP contribution in [0.2, 0.25) is 0 Å². The summed E-state index contributed by atoms with van der Waals surface area (Å²) in [7, 11) is 0. The Kier molecular flexibility index (Phi) is 3.94. The molecule has 2 unspecified atom stereocenters. The molecule has 6 nitrogen and oxygen atoms in total. The molecule has 1 aromatic carbocycles. The number of urea groups is 1. The molecule has 0 bridgehead atoms. The number of nitrogens with one attached hydrogen (secondary N) is 3. The van der Waals surface area contributed by atoms with Gasteiger partial charge in [0.2, 0.25) is 0 Å². The lowest BCUT2D eigenvalue weighted by molar-refractivity contribution is 0.247. The second kappa shape index (κ2) is 5.87. The number of hydrogen-bond acceptors (Lipinski definition) is 5. The number of hydrogen-bond donors (Lipinski definition) is 5. The van der Waals surface area contributed by atoms with Crippen molar-refractivity contribution in [1.82, 2.24) is 10.6 Å². The van der Waals surface area contributed by atoms with Crippen molar-refractivity contribution in [3.8, 4) is 5.75 Å². The average Bonchev–Trinajstić information content (AvgIpc) is 2.80. The van der Waals surface area contributed by atoms with Crippen LogP contribution in [-0.4, -0.2) is 22.7 Å². The highest BCUT2D eigenvalue weighted by Gasteiger charge is 2.28. The molecule has 1 aliphatic carbocycles. The van der Waals surface area contributed by atoms with Crippen LogP contribution >= 0.6 is 11.8 Å². The van der Waals surface area contributed by atoms with Gasteiger partial charge < -0.3 is 26.8 Å². The summed E-state index contributed by atoms with van der Waals surface area (Å²) in [6.45, 7) is 0. The van der Waals surface area contributed by atoms with Crippen LogP contribution in [0, 0.1) is 0 Å². The first kappa shape index (κ1) is 14.1. The Bertz CT molecular complexity index is 573. The van der Waals surface area contributed by atoms with Gasteiger partial charge in [0.1, 0.15) is 11.2 Å². The van der Waals surface area contributed by atoms with Crippen LogP contribution < -0.4 is 21.7 Å². The number of anilines is 1. The topological polar surface area (TPSA) is 99.4 Å². The van der Waals surface area contributed by atoms with Gasteiger partial charge in [-0.1, -0.05) is 11.8 Å². The standard InChI is InChI=1S/C14H18N4O2S/c15-13-18-11-6-3-9(7-12(11)21-13)17-14(20)16-8-1-4-10(19)5-2-8/h1-2,4-5,9,13,18-19H,3,6-7,15H2,(H2,16,17,20). The first-order chi connectivity index (χ1) is 10.1. The summed E-state index contributed by atoms with van der Waals surface area (Å²) >= 11 is 1.63. The Balaban J connectivity index is 1.53. The number of thioether (sulfide) groups is 1. The van der Waals surface area contributed by atoms with E-state index in [1.54, 1.807) is 23.9 Å². The van der Waals surface area contributed by atoms with E-state index in [0.717, 1.165) is 19.3 Å². The fourth-order valence-electron chi connectivity index (χ4n) is 2.55. The SMILES string of the molecule is NC1NC2=C(CC(NC(=O)Nc3ccc(O)cc3)CC2)S1. The lowest BCUT2D eigenvalue weighted by Crippen LogP contribution is -2.39. The zero-order valence-electron chi connectivity index (χ0n) is 11.4. The molecule has 2 atom stereocenters. The van der Waals surface area contributed by atoms with Gasteiger partial charge in [-0.15, -0.1) is 0 Å². The number of allylic oxidation sites excluding steroid dienone is 1. The molecule has 2 aliphatic rings. The fraction of sp³-hybridized carbons (Fsp3) is 0.357. The van der Waals surface area contributed by atoms with Crippen molar-refractivity contribution < 1.29 is 9.90 Å². The van der Waals surface area contributed by atoms with E-state index in [0.29, 0.717) is 5.69 Å². The van der Waals surface area contributed by atoms with Gasteiger partial charge in [-0.25, -0.2) is 4.79 Å². The summed E-state index contributed by atoms with van der Waals surface area (Å²) < 4.78 is 0. The maximum absolute atomic E-state index is 12.0. The molecule has 0 aromatic heterocycles. The van der Waals surface area contributed by atoms with Gasteiger partial charge in [-0.2, -0.15) is 0 Å². The first-order valence-electron chi connectivity index (χ1n) is 6.87. The second-order valence-electron chi connectivity index (χ2n) is 5.17. The molecule has 1 aromatic rings. The summed E-state index contributed by atoms with van der Waals surface area (Å²) in [4.78, 5) is 13.2. The predicted molar refractivity (Wildman–Crippen MR) is 83.6 cm³/mol. The predicted octanol–water partition coefficient (Wildman–Crippen LogP) is 1.86. The largest absolute Gasteiger partial charge is 0.508 e. The number of phenolic OH excluding ortho intramolecular Hbond substituents is 1. The second-order valence-corrected chi connectivity index (χ2v) is 6.41. The quantitative estimate of drug-likeness (QED) is 0.537. The van der Waals surface area contributed by atoms with E-state index in [4.69, 9.17) is 5.73 Å². The van der Waals surface area contributed by atoms with Crippen LogP contribution in [0.5, 0.6) is 5.75 Å². The van der Waals surface area contributed by atoms with Gasteiger partial charge >= 0.3 is 6.03 Å². The van der Waals surface area contributed by atoms with Crippen molar-refractivity contribution in [3.63, 3.8) is 0 Å². The van der Waals surface area contributed by atoms with Crippen LogP contribution in [0.1, 0.15) is 19.3 Å². The molecule has 2 amide bonds. The molecule has 0 saturated heterocycles. The third kappa shape index (κ3) is 3.43. The van der Waals surface area contributed by atoms with Crippen LogP contribution in [0.4, 0.5) is 10.5 Å². The fourth-order valence-corrected chi connectivity index (χ4v) is 3.66. The molecular weight excluding hydrogens is 288 g/mol. The Labute approximate surface area is 127 Å². The summed E-state index contributed by atoms with van der Waals surface area (Å²) in [5.74, 6) is 0.176. The maximum Gasteiger partial charge on any atom is 0.319 e. The normalized spacial score (nSPS) is 24.2. The molecule has 21 heavy (non-hydrogen) atoms. The molecule has 3 rings (SSSR count). The van der Waals surface area contributed by atoms with Crippen LogP contribution in [0.25, 0.3) is 0 Å². The van der Waals surface area contributed by atoms with Crippen molar-refractivity contribution in [2.75, 3.05) is 5.32 Å². The Morgan fingerprint density at radius 2 is 2.14 bits per heavy atom. The van der Waals surface area contributed by atoms with Gasteiger partial charge in [0.25, 0.3) is 0 Å². The molecule has 0 radical (unpaired) electrons. The Hall–Kier alpha value is -1.86. The first-order valence-corrected chi connectivity index (χ1v) is 7.75. The number of aromatic hydroxyl groups is 1. The average molecular weight is 306 g/mol. The molecule has 0 fully saturated rings. The minimum Gasteiger partial charge on any atom is -0.508 e. The summed E-state index contributed by atoms with van der Waals surface area (Å²) in [6, 6.07) is 6.29. The third-order valence-electron chi connectivity index (χ3n) is 3.56. The minimum absolute atomic E-state index is 0.0560. The smallest absolute Gasteiger partial charge is 0.319 e. The van der Waals surface area contributed by atoms with Gasteiger partial charge in [-0.05, 0) is 37.1 Å². The van der Waals surface area contributed by atoms with Crippen LogP contribution in [-0.2, 0) is 0 Å². The molecule has 1 aliphatic heterocycles. The Morgan fingerprint density at radius 3 is 2.90 bits per heavy atom. The van der Waals surface area contributed by atoms with E-state index in [-0.39, 0.29) is 23.3 Å². The molecular formula is C14H18N4O2S. The minimum atomic E-state index is -0.227. The highest BCUT2D eigenvalue weighted by molar-refractivity contribution is 8.03. The number of rotatable bonds is 2. The Morgan fingerprint density at radius 1 is 1.38 bits per heavy atom. The van der Waals surface area contributed by atoms with Gasteiger partial charge in [0, 0.05) is 28.8 Å². The third-order valence-corrected chi connectivity index (χ3v) is 4.63. The number of carbonyl (C=O) groups is 1. The maximum atomic E-state index is 12.0. The molecule has 1 heterocycles. The van der Waals surface area contributed by atoms with Crippen molar-refractivity contribution >= 4 is 23.5 Å². The highest BCUT2D eigenvalue weighted by atomic mass is 32.2. The zero-order valence-corrected chi connectivity index (χ0v) is 12.2. The number of benzene rings is 1.